The molecule has 1 amide bonds. The molecule has 0 saturated carbocycles. The first-order valence-electron chi connectivity index (χ1n) is 10.7. The third-order valence-electron chi connectivity index (χ3n) is 5.90. The number of pyridine rings is 1. The third kappa shape index (κ3) is 4.16. The third-order valence-corrected chi connectivity index (χ3v) is 6.76. The molecular formula is C26H26N2O4S. The number of aliphatic hydroxyl groups is 1. The molecule has 33 heavy (non-hydrogen) atoms. The minimum atomic E-state index is -0.732. The predicted octanol–water partition coefficient (Wildman–Crippen LogP) is 5.21. The summed E-state index contributed by atoms with van der Waals surface area (Å²) in [5, 5.41) is 13.4. The van der Waals surface area contributed by atoms with Gasteiger partial charge in [0.1, 0.15) is 11.5 Å². The molecule has 0 bridgehead atoms. The van der Waals surface area contributed by atoms with Gasteiger partial charge in [-0.05, 0) is 59.2 Å². The highest BCUT2D eigenvalue weighted by atomic mass is 32.1. The maximum atomic E-state index is 13.2. The van der Waals surface area contributed by atoms with Crippen LogP contribution < -0.4 is 4.74 Å². The Morgan fingerprint density at radius 2 is 2.03 bits per heavy atom. The summed E-state index contributed by atoms with van der Waals surface area (Å²) >= 11 is 1.51. The predicted molar refractivity (Wildman–Crippen MR) is 128 cm³/mol. The lowest BCUT2D eigenvalue weighted by Crippen LogP contribution is -2.28. The molecule has 1 aliphatic rings. The number of ether oxygens (including phenoxy) is 1. The molecule has 1 aliphatic heterocycles. The van der Waals surface area contributed by atoms with Crippen LogP contribution >= 0.6 is 11.3 Å². The first kappa shape index (κ1) is 22.7. The van der Waals surface area contributed by atoms with Crippen molar-refractivity contribution in [2.75, 3.05) is 7.11 Å². The van der Waals surface area contributed by atoms with E-state index in [0.717, 1.165) is 21.8 Å². The standard InChI is InChI=1S/C26H26N2O4S/c1-15(2)19-12-20(16(3)11-21(19)32-4)24(29)22-23(17-7-5-9-27-13-17)28(26(31)25(22)30)14-18-8-6-10-33-18/h5-13,15,23,29H,14H2,1-4H3/b24-22+. The Labute approximate surface area is 197 Å². The van der Waals surface area contributed by atoms with Crippen LogP contribution in [0, 0.1) is 6.92 Å². The number of aryl methyl sites for hydroxylation is 1. The Bertz CT molecular complexity index is 1220. The van der Waals surface area contributed by atoms with Crippen LogP contribution in [0.4, 0.5) is 0 Å². The Kier molecular flexibility index (Phi) is 6.33. The number of amides is 1. The smallest absolute Gasteiger partial charge is 0.295 e. The van der Waals surface area contributed by atoms with E-state index in [9.17, 15) is 14.7 Å². The second-order valence-electron chi connectivity index (χ2n) is 8.36. The van der Waals surface area contributed by atoms with Gasteiger partial charge in [0.25, 0.3) is 11.7 Å². The summed E-state index contributed by atoms with van der Waals surface area (Å²) < 4.78 is 5.52. The van der Waals surface area contributed by atoms with Crippen molar-refractivity contribution in [3.05, 3.63) is 86.9 Å². The number of carbonyl (C=O) groups excluding carboxylic acids is 2. The van der Waals surface area contributed by atoms with E-state index in [-0.39, 0.29) is 23.8 Å². The van der Waals surface area contributed by atoms with E-state index in [1.165, 1.54) is 16.2 Å². The van der Waals surface area contributed by atoms with Gasteiger partial charge < -0.3 is 14.7 Å². The second-order valence-corrected chi connectivity index (χ2v) is 9.39. The summed E-state index contributed by atoms with van der Waals surface area (Å²) in [7, 11) is 1.61. The Hall–Kier alpha value is -3.45. The Balaban J connectivity index is 1.91. The monoisotopic (exact) mass is 462 g/mol. The van der Waals surface area contributed by atoms with Crippen LogP contribution in [0.3, 0.4) is 0 Å². The van der Waals surface area contributed by atoms with Crippen molar-refractivity contribution in [2.45, 2.75) is 39.3 Å². The van der Waals surface area contributed by atoms with Crippen molar-refractivity contribution >= 4 is 28.8 Å². The minimum absolute atomic E-state index is 0.0764. The van der Waals surface area contributed by atoms with Crippen molar-refractivity contribution in [1.29, 1.82) is 0 Å². The maximum Gasteiger partial charge on any atom is 0.295 e. The van der Waals surface area contributed by atoms with Crippen molar-refractivity contribution in [3.8, 4) is 5.75 Å². The summed E-state index contributed by atoms with van der Waals surface area (Å²) in [6.07, 6.45) is 3.27. The normalized spacial score (nSPS) is 17.7. The van der Waals surface area contributed by atoms with Gasteiger partial charge in [-0.1, -0.05) is 26.0 Å². The SMILES string of the molecule is COc1cc(C)c(/C(O)=C2\C(=O)C(=O)N(Cc3cccs3)C2c2cccnc2)cc1C(C)C. The zero-order valence-corrected chi connectivity index (χ0v) is 19.8. The molecule has 1 saturated heterocycles. The number of likely N-dealkylation sites (tertiary alicyclic amines) is 1. The molecule has 4 rings (SSSR count). The van der Waals surface area contributed by atoms with Gasteiger partial charge >= 0.3 is 0 Å². The van der Waals surface area contributed by atoms with E-state index in [1.54, 1.807) is 25.6 Å². The summed E-state index contributed by atoms with van der Waals surface area (Å²) in [4.78, 5) is 33.0. The Morgan fingerprint density at radius 3 is 2.64 bits per heavy atom. The summed E-state index contributed by atoms with van der Waals surface area (Å²) in [5.41, 5.74) is 2.93. The van der Waals surface area contributed by atoms with E-state index in [2.05, 4.69) is 4.98 Å². The van der Waals surface area contributed by atoms with E-state index >= 15 is 0 Å². The molecule has 1 atom stereocenters. The number of carbonyl (C=O) groups is 2. The highest BCUT2D eigenvalue weighted by molar-refractivity contribution is 7.09. The number of Topliss-reactive ketones (excluding diaryl/α,β-unsaturated/α-hetero) is 1. The summed E-state index contributed by atoms with van der Waals surface area (Å²) in [6, 6.07) is 10.4. The van der Waals surface area contributed by atoms with Crippen molar-refractivity contribution in [1.82, 2.24) is 9.88 Å². The van der Waals surface area contributed by atoms with E-state index < -0.39 is 17.7 Å². The molecule has 7 heteroatoms. The van der Waals surface area contributed by atoms with Gasteiger partial charge in [-0.25, -0.2) is 0 Å². The molecule has 2 aromatic heterocycles. The van der Waals surface area contributed by atoms with Gasteiger partial charge in [0.15, 0.2) is 0 Å². The summed E-state index contributed by atoms with van der Waals surface area (Å²) in [5.74, 6) is -0.644. The molecule has 1 aromatic carbocycles. The van der Waals surface area contributed by atoms with Gasteiger partial charge in [0.05, 0.1) is 25.3 Å². The van der Waals surface area contributed by atoms with Crippen LogP contribution in [0.1, 0.15) is 52.9 Å². The lowest BCUT2D eigenvalue weighted by Gasteiger charge is -2.25. The number of ketones is 1. The number of aliphatic hydroxyl groups excluding tert-OH is 1. The molecule has 3 heterocycles. The van der Waals surface area contributed by atoms with Crippen LogP contribution in [-0.4, -0.2) is 33.8 Å². The lowest BCUT2D eigenvalue weighted by molar-refractivity contribution is -0.140. The van der Waals surface area contributed by atoms with Crippen LogP contribution in [0.2, 0.25) is 0 Å². The summed E-state index contributed by atoms with van der Waals surface area (Å²) in [6.45, 7) is 6.19. The van der Waals surface area contributed by atoms with Gasteiger partial charge in [-0.2, -0.15) is 0 Å². The second kappa shape index (κ2) is 9.19. The Morgan fingerprint density at radius 1 is 1.24 bits per heavy atom. The number of hydrogen-bond donors (Lipinski definition) is 1. The van der Waals surface area contributed by atoms with Crippen LogP contribution in [0.15, 0.2) is 59.7 Å². The lowest BCUT2D eigenvalue weighted by atomic mass is 9.91. The average molecular weight is 463 g/mol. The molecule has 1 unspecified atom stereocenters. The number of rotatable bonds is 6. The molecule has 0 aliphatic carbocycles. The first-order valence-corrected chi connectivity index (χ1v) is 11.6. The average Bonchev–Trinajstić information content (AvgIpc) is 3.41. The molecule has 0 spiro atoms. The fraction of sp³-hybridized carbons (Fsp3) is 0.269. The van der Waals surface area contributed by atoms with Crippen molar-refractivity contribution < 1.29 is 19.4 Å². The van der Waals surface area contributed by atoms with Gasteiger partial charge in [0.2, 0.25) is 0 Å². The fourth-order valence-corrected chi connectivity index (χ4v) is 4.93. The van der Waals surface area contributed by atoms with Crippen molar-refractivity contribution in [3.63, 3.8) is 0 Å². The number of methoxy groups -OCH3 is 1. The van der Waals surface area contributed by atoms with Crippen molar-refractivity contribution in [2.24, 2.45) is 0 Å². The van der Waals surface area contributed by atoms with Gasteiger partial charge in [0, 0.05) is 22.8 Å². The van der Waals surface area contributed by atoms with E-state index in [0.29, 0.717) is 11.1 Å². The van der Waals surface area contributed by atoms with Crippen LogP contribution in [0.25, 0.3) is 5.76 Å². The number of nitrogens with zero attached hydrogens (tertiary/aromatic N) is 2. The highest BCUT2D eigenvalue weighted by Crippen LogP contribution is 2.42. The minimum Gasteiger partial charge on any atom is -0.507 e. The van der Waals surface area contributed by atoms with Gasteiger partial charge in [-0.3, -0.25) is 14.6 Å². The molecule has 0 radical (unpaired) electrons. The zero-order chi connectivity index (χ0) is 23.7. The van der Waals surface area contributed by atoms with Gasteiger partial charge in [-0.15, -0.1) is 11.3 Å². The maximum absolute atomic E-state index is 13.2. The molecule has 1 N–H and O–H groups in total. The first-order chi connectivity index (χ1) is 15.8. The highest BCUT2D eigenvalue weighted by Gasteiger charge is 2.46. The van der Waals surface area contributed by atoms with Crippen LogP contribution in [-0.2, 0) is 16.1 Å². The number of benzene rings is 1. The number of aromatic nitrogens is 1. The quantitative estimate of drug-likeness (QED) is 0.309. The topological polar surface area (TPSA) is 79.7 Å². The zero-order valence-electron chi connectivity index (χ0n) is 19.0. The van der Waals surface area contributed by atoms with E-state index in [4.69, 9.17) is 4.74 Å². The van der Waals surface area contributed by atoms with E-state index in [1.807, 2.05) is 56.5 Å². The molecule has 6 nitrogen and oxygen atoms in total. The molecule has 170 valence electrons. The molecule has 3 aromatic rings. The molecule has 1 fully saturated rings. The number of hydrogen-bond acceptors (Lipinski definition) is 6. The number of thiophene rings is 1. The fourth-order valence-electron chi connectivity index (χ4n) is 4.22. The largest absolute Gasteiger partial charge is 0.507 e. The molecular weight excluding hydrogens is 436 g/mol. The van der Waals surface area contributed by atoms with Crippen LogP contribution in [0.5, 0.6) is 5.75 Å².